The van der Waals surface area contributed by atoms with Crippen LogP contribution in [-0.2, 0) is 23.2 Å². The van der Waals surface area contributed by atoms with Gasteiger partial charge >= 0.3 is 0 Å². The van der Waals surface area contributed by atoms with Crippen LogP contribution in [0.4, 0.5) is 0 Å². The molecule has 0 aromatic rings. The third kappa shape index (κ3) is 8.88. The highest BCUT2D eigenvalue weighted by Gasteiger charge is 2.34. The van der Waals surface area contributed by atoms with Gasteiger partial charge in [-0.15, -0.1) is 0 Å². The lowest BCUT2D eigenvalue weighted by Crippen LogP contribution is -2.39. The van der Waals surface area contributed by atoms with Gasteiger partial charge in [0.25, 0.3) is 0 Å². The van der Waals surface area contributed by atoms with Crippen LogP contribution in [0.2, 0.25) is 36.3 Å². The highest BCUT2D eigenvalue weighted by molar-refractivity contribution is 6.74. The van der Waals surface area contributed by atoms with Crippen molar-refractivity contribution in [3.63, 3.8) is 0 Å². The number of ether oxygens (including phenoxy) is 1. The van der Waals surface area contributed by atoms with Crippen molar-refractivity contribution < 1.29 is 23.2 Å². The van der Waals surface area contributed by atoms with Crippen molar-refractivity contribution in [2.45, 2.75) is 96.8 Å². The molecule has 178 valence electrons. The maximum absolute atomic E-state index is 12.3. The van der Waals surface area contributed by atoms with E-state index < -0.39 is 16.6 Å². The molecule has 1 aliphatic carbocycles. The van der Waals surface area contributed by atoms with Gasteiger partial charge in [-0.05, 0) is 54.3 Å². The van der Waals surface area contributed by atoms with Crippen LogP contribution in [0, 0.1) is 0 Å². The molecule has 0 saturated heterocycles. The van der Waals surface area contributed by atoms with Crippen LogP contribution in [-0.4, -0.2) is 54.1 Å². The minimum Gasteiger partial charge on any atom is -0.410 e. The third-order valence-corrected chi connectivity index (χ3v) is 16.2. The molecule has 0 spiro atoms. The topological polar surface area (TPSA) is 61.8 Å². The van der Waals surface area contributed by atoms with Gasteiger partial charge in [-0.1, -0.05) is 53.7 Å². The van der Waals surface area contributed by atoms with Gasteiger partial charge in [0.1, 0.15) is 6.61 Å². The molecular weight excluding hydrogens is 424 g/mol. The summed E-state index contributed by atoms with van der Waals surface area (Å²) in [5.74, 6) is 0.175. The van der Waals surface area contributed by atoms with E-state index in [-0.39, 0.29) is 30.9 Å². The molecule has 0 N–H and O–H groups in total. The SMILES string of the molecule is CC[Si](CC)(CC)OCC(=O)COCC=CCC1=CC(O[Si](CC)(CC)CC)CC1=O. The molecule has 0 radical (unpaired) electrons. The van der Waals surface area contributed by atoms with E-state index in [0.29, 0.717) is 19.4 Å². The van der Waals surface area contributed by atoms with Crippen molar-refractivity contribution in [3.8, 4) is 0 Å². The Morgan fingerprint density at radius 1 is 0.935 bits per heavy atom. The maximum atomic E-state index is 12.3. The first-order valence-electron chi connectivity index (χ1n) is 12.1. The van der Waals surface area contributed by atoms with Crippen LogP contribution in [0.3, 0.4) is 0 Å². The molecule has 0 bridgehead atoms. The van der Waals surface area contributed by atoms with Gasteiger partial charge in [0.2, 0.25) is 0 Å². The molecule has 0 aromatic heterocycles. The molecule has 31 heavy (non-hydrogen) atoms. The Morgan fingerprint density at radius 3 is 2.06 bits per heavy atom. The van der Waals surface area contributed by atoms with Crippen LogP contribution >= 0.6 is 0 Å². The number of Topliss-reactive ketones (excluding diaryl/α,β-unsaturated/α-hetero) is 2. The van der Waals surface area contributed by atoms with E-state index in [1.54, 1.807) is 0 Å². The third-order valence-electron chi connectivity index (χ3n) is 6.92. The molecule has 1 rings (SSSR count). The molecular formula is C24H44O5Si2. The second-order valence-corrected chi connectivity index (χ2v) is 18.0. The quantitative estimate of drug-likeness (QED) is 0.153. The van der Waals surface area contributed by atoms with Gasteiger partial charge in [0.15, 0.2) is 28.2 Å². The van der Waals surface area contributed by atoms with Gasteiger partial charge in [0, 0.05) is 6.42 Å². The summed E-state index contributed by atoms with van der Waals surface area (Å²) in [5.41, 5.74) is 0.830. The number of hydrogen-bond acceptors (Lipinski definition) is 5. The normalized spacial score (nSPS) is 17.5. The molecule has 0 fully saturated rings. The summed E-state index contributed by atoms with van der Waals surface area (Å²) in [4.78, 5) is 24.3. The van der Waals surface area contributed by atoms with Crippen molar-refractivity contribution in [3.05, 3.63) is 23.8 Å². The summed E-state index contributed by atoms with van der Waals surface area (Å²) < 4.78 is 17.9. The highest BCUT2D eigenvalue weighted by Crippen LogP contribution is 2.29. The molecule has 7 heteroatoms. The average molecular weight is 469 g/mol. The van der Waals surface area contributed by atoms with Gasteiger partial charge in [0.05, 0.1) is 19.3 Å². The predicted octanol–water partition coefficient (Wildman–Crippen LogP) is 5.83. The van der Waals surface area contributed by atoms with Crippen LogP contribution < -0.4 is 0 Å². The standard InChI is InChI=1S/C24H44O5Si2/c1-7-30(8-2,9-3)28-20-22(25)19-27-16-14-13-15-21-17-23(18-24(21)26)29-31(10-4,11-5)12-6/h13-14,17,23H,7-12,15-16,18-20H2,1-6H3. The summed E-state index contributed by atoms with van der Waals surface area (Å²) in [7, 11) is -3.43. The Labute approximate surface area is 191 Å². The average Bonchev–Trinajstić information content (AvgIpc) is 3.14. The Balaban J connectivity index is 2.36. The van der Waals surface area contributed by atoms with Crippen LogP contribution in [0.1, 0.15) is 54.4 Å². The van der Waals surface area contributed by atoms with Crippen molar-refractivity contribution in [1.82, 2.24) is 0 Å². The Kier molecular flexibility index (Phi) is 13.0. The summed E-state index contributed by atoms with van der Waals surface area (Å²) >= 11 is 0. The number of rotatable bonds is 17. The lowest BCUT2D eigenvalue weighted by atomic mass is 10.1. The fourth-order valence-corrected chi connectivity index (χ4v) is 9.49. The summed E-state index contributed by atoms with van der Waals surface area (Å²) in [6.45, 7) is 13.7. The van der Waals surface area contributed by atoms with Crippen molar-refractivity contribution >= 4 is 28.2 Å². The van der Waals surface area contributed by atoms with Gasteiger partial charge in [-0.25, -0.2) is 0 Å². The zero-order valence-electron chi connectivity index (χ0n) is 20.6. The fraction of sp³-hybridized carbons (Fsp3) is 0.750. The van der Waals surface area contributed by atoms with E-state index in [1.165, 1.54) is 0 Å². The van der Waals surface area contributed by atoms with E-state index in [0.717, 1.165) is 41.8 Å². The van der Waals surface area contributed by atoms with E-state index in [9.17, 15) is 9.59 Å². The summed E-state index contributed by atoms with van der Waals surface area (Å²) in [5, 5.41) is 0. The summed E-state index contributed by atoms with van der Waals surface area (Å²) in [6, 6.07) is 6.38. The largest absolute Gasteiger partial charge is 0.410 e. The number of carbonyl (C=O) groups excluding carboxylic acids is 2. The first kappa shape index (κ1) is 28.2. The molecule has 1 unspecified atom stereocenters. The molecule has 1 atom stereocenters. The molecule has 0 heterocycles. The fourth-order valence-electron chi connectivity index (χ4n) is 4.12. The van der Waals surface area contributed by atoms with Crippen LogP contribution in [0.25, 0.3) is 0 Å². The zero-order chi connectivity index (χ0) is 23.3. The van der Waals surface area contributed by atoms with Gasteiger partial charge in [-0.3, -0.25) is 9.59 Å². The molecule has 5 nitrogen and oxygen atoms in total. The zero-order valence-corrected chi connectivity index (χ0v) is 22.6. The lowest BCUT2D eigenvalue weighted by Gasteiger charge is -2.30. The van der Waals surface area contributed by atoms with Crippen molar-refractivity contribution in [2.75, 3.05) is 19.8 Å². The second kappa shape index (κ2) is 14.3. The number of hydrogen-bond donors (Lipinski definition) is 0. The minimum atomic E-state index is -1.73. The number of allylic oxidation sites excluding steroid dienone is 2. The van der Waals surface area contributed by atoms with Crippen LogP contribution in [0.5, 0.6) is 0 Å². The molecule has 0 aromatic carbocycles. The number of ketones is 2. The smallest absolute Gasteiger partial charge is 0.192 e. The van der Waals surface area contributed by atoms with Crippen molar-refractivity contribution in [2.24, 2.45) is 0 Å². The Morgan fingerprint density at radius 2 is 1.52 bits per heavy atom. The highest BCUT2D eigenvalue weighted by atomic mass is 28.4. The minimum absolute atomic E-state index is 0.00952. The van der Waals surface area contributed by atoms with E-state index in [2.05, 4.69) is 41.5 Å². The first-order chi connectivity index (χ1) is 14.8. The molecule has 0 saturated carbocycles. The Bertz CT molecular complexity index is 605. The lowest BCUT2D eigenvalue weighted by molar-refractivity contribution is -0.125. The number of carbonyl (C=O) groups is 2. The Hall–Kier alpha value is -0.866. The predicted molar refractivity (Wildman–Crippen MR) is 133 cm³/mol. The van der Waals surface area contributed by atoms with E-state index >= 15 is 0 Å². The summed E-state index contributed by atoms with van der Waals surface area (Å²) in [6.07, 6.45) is 6.85. The molecule has 0 amide bonds. The maximum Gasteiger partial charge on any atom is 0.192 e. The van der Waals surface area contributed by atoms with E-state index in [4.69, 9.17) is 13.6 Å². The van der Waals surface area contributed by atoms with E-state index in [1.807, 2.05) is 18.2 Å². The van der Waals surface area contributed by atoms with Gasteiger partial charge in [-0.2, -0.15) is 0 Å². The van der Waals surface area contributed by atoms with Crippen molar-refractivity contribution in [1.29, 1.82) is 0 Å². The van der Waals surface area contributed by atoms with Gasteiger partial charge < -0.3 is 13.6 Å². The molecule has 1 aliphatic rings. The second-order valence-electron chi connectivity index (χ2n) is 8.48. The van der Waals surface area contributed by atoms with Crippen LogP contribution in [0.15, 0.2) is 23.8 Å². The first-order valence-corrected chi connectivity index (χ1v) is 17.2. The monoisotopic (exact) mass is 468 g/mol. The molecule has 0 aliphatic heterocycles.